The van der Waals surface area contributed by atoms with E-state index in [0.29, 0.717) is 18.3 Å². The number of rotatable bonds is 4. The van der Waals surface area contributed by atoms with E-state index in [9.17, 15) is 4.79 Å². The number of aromatic nitrogens is 3. The van der Waals surface area contributed by atoms with Crippen molar-refractivity contribution >= 4 is 5.91 Å². The molecule has 2 aromatic rings. The van der Waals surface area contributed by atoms with Crippen molar-refractivity contribution in [3.63, 3.8) is 0 Å². The van der Waals surface area contributed by atoms with E-state index in [4.69, 9.17) is 4.74 Å². The fraction of sp³-hybridized carbons (Fsp3) is 0.550. The average molecular weight is 354 g/mol. The molecule has 0 bridgehead atoms. The summed E-state index contributed by atoms with van der Waals surface area (Å²) < 4.78 is 7.76. The van der Waals surface area contributed by atoms with Gasteiger partial charge in [-0.2, -0.15) is 0 Å². The first kappa shape index (κ1) is 17.1. The van der Waals surface area contributed by atoms with Crippen LogP contribution in [-0.2, 0) is 13.0 Å². The van der Waals surface area contributed by atoms with Gasteiger partial charge in [-0.25, -0.2) is 4.68 Å². The van der Waals surface area contributed by atoms with Crippen molar-refractivity contribution in [2.45, 2.75) is 70.6 Å². The monoisotopic (exact) mass is 354 g/mol. The Bertz CT molecular complexity index is 806. The molecule has 1 fully saturated rings. The van der Waals surface area contributed by atoms with Crippen LogP contribution < -0.4 is 10.1 Å². The number of hydrogen-bond donors (Lipinski definition) is 1. The SMILES string of the molecule is CC1(C)Cc2cc(CNC(=O)c3cn(C4CCCCC4)nn3)ccc2O1. The summed E-state index contributed by atoms with van der Waals surface area (Å²) >= 11 is 0. The molecule has 0 unspecified atom stereocenters. The van der Waals surface area contributed by atoms with E-state index in [1.54, 1.807) is 6.20 Å². The number of amides is 1. The molecule has 1 aromatic carbocycles. The van der Waals surface area contributed by atoms with Gasteiger partial charge >= 0.3 is 0 Å². The first-order chi connectivity index (χ1) is 12.5. The Balaban J connectivity index is 1.37. The second-order valence-electron chi connectivity index (χ2n) is 8.04. The third kappa shape index (κ3) is 3.59. The number of fused-ring (bicyclic) bond motifs is 1. The zero-order valence-electron chi connectivity index (χ0n) is 15.5. The molecule has 1 amide bonds. The van der Waals surface area contributed by atoms with Crippen LogP contribution in [-0.4, -0.2) is 26.5 Å². The van der Waals surface area contributed by atoms with Crippen LogP contribution in [0.4, 0.5) is 0 Å². The van der Waals surface area contributed by atoms with Gasteiger partial charge in [0.2, 0.25) is 0 Å². The lowest BCUT2D eigenvalue weighted by Gasteiger charge is -2.20. The Morgan fingerprint density at radius 3 is 2.92 bits per heavy atom. The van der Waals surface area contributed by atoms with E-state index >= 15 is 0 Å². The van der Waals surface area contributed by atoms with Crippen molar-refractivity contribution in [1.82, 2.24) is 20.3 Å². The van der Waals surface area contributed by atoms with Crippen molar-refractivity contribution in [2.75, 3.05) is 0 Å². The summed E-state index contributed by atoms with van der Waals surface area (Å²) in [4.78, 5) is 12.4. The molecule has 0 saturated heterocycles. The van der Waals surface area contributed by atoms with Gasteiger partial charge in [-0.05, 0) is 43.9 Å². The normalized spacial score (nSPS) is 19.0. The lowest BCUT2D eigenvalue weighted by molar-refractivity contribution is 0.0945. The topological polar surface area (TPSA) is 69.0 Å². The molecule has 6 heteroatoms. The number of carbonyl (C=O) groups is 1. The van der Waals surface area contributed by atoms with Gasteiger partial charge in [-0.3, -0.25) is 4.79 Å². The Morgan fingerprint density at radius 2 is 2.12 bits per heavy atom. The molecular weight excluding hydrogens is 328 g/mol. The second kappa shape index (κ2) is 6.74. The van der Waals surface area contributed by atoms with Crippen molar-refractivity contribution in [3.8, 4) is 5.75 Å². The summed E-state index contributed by atoms with van der Waals surface area (Å²) in [7, 11) is 0. The standard InChI is InChI=1S/C20H26N4O2/c1-20(2)11-15-10-14(8-9-18(15)26-20)12-21-19(25)17-13-24(23-22-17)16-6-4-3-5-7-16/h8-10,13,16H,3-7,11-12H2,1-2H3,(H,21,25). The minimum absolute atomic E-state index is 0.151. The van der Waals surface area contributed by atoms with Gasteiger partial charge < -0.3 is 10.1 Å². The molecule has 6 nitrogen and oxygen atoms in total. The number of carbonyl (C=O) groups excluding carboxylic acids is 1. The van der Waals surface area contributed by atoms with Crippen LogP contribution in [0.15, 0.2) is 24.4 Å². The highest BCUT2D eigenvalue weighted by molar-refractivity contribution is 5.91. The Kier molecular flexibility index (Phi) is 4.42. The third-order valence-corrected chi connectivity index (χ3v) is 5.27. The predicted molar refractivity (Wildman–Crippen MR) is 98.2 cm³/mol. The molecule has 138 valence electrons. The summed E-state index contributed by atoms with van der Waals surface area (Å²) in [6.45, 7) is 4.65. The fourth-order valence-electron chi connectivity index (χ4n) is 3.95. The molecular formula is C20H26N4O2. The summed E-state index contributed by atoms with van der Waals surface area (Å²) in [5.41, 5.74) is 2.51. The van der Waals surface area contributed by atoms with E-state index in [1.807, 2.05) is 16.8 Å². The second-order valence-corrected chi connectivity index (χ2v) is 8.04. The molecule has 26 heavy (non-hydrogen) atoms. The zero-order valence-corrected chi connectivity index (χ0v) is 15.5. The average Bonchev–Trinajstić information content (AvgIpc) is 3.23. The number of benzene rings is 1. The van der Waals surface area contributed by atoms with Crippen LogP contribution in [0.25, 0.3) is 0 Å². The van der Waals surface area contributed by atoms with Crippen molar-refractivity contribution in [1.29, 1.82) is 0 Å². The summed E-state index contributed by atoms with van der Waals surface area (Å²) in [5.74, 6) is 0.768. The van der Waals surface area contributed by atoms with Gasteiger partial charge in [0.1, 0.15) is 11.4 Å². The first-order valence-electron chi connectivity index (χ1n) is 9.51. The zero-order chi connectivity index (χ0) is 18.1. The van der Waals surface area contributed by atoms with Crippen molar-refractivity contribution < 1.29 is 9.53 Å². The van der Waals surface area contributed by atoms with Crippen LogP contribution in [0.5, 0.6) is 5.75 Å². The van der Waals surface area contributed by atoms with Crippen LogP contribution in [0.1, 0.15) is 73.6 Å². The molecule has 1 aliphatic carbocycles. The van der Waals surface area contributed by atoms with Gasteiger partial charge in [0.15, 0.2) is 5.69 Å². The molecule has 1 aromatic heterocycles. The highest BCUT2D eigenvalue weighted by atomic mass is 16.5. The van der Waals surface area contributed by atoms with Crippen molar-refractivity contribution in [2.24, 2.45) is 0 Å². The van der Waals surface area contributed by atoms with Crippen LogP contribution >= 0.6 is 0 Å². The lowest BCUT2D eigenvalue weighted by Crippen LogP contribution is -2.24. The Morgan fingerprint density at radius 1 is 1.31 bits per heavy atom. The molecule has 1 saturated carbocycles. The van der Waals surface area contributed by atoms with E-state index in [0.717, 1.165) is 30.6 Å². The summed E-state index contributed by atoms with van der Waals surface area (Å²) in [5, 5.41) is 11.2. The first-order valence-corrected chi connectivity index (χ1v) is 9.51. The number of nitrogens with zero attached hydrogens (tertiary/aromatic N) is 3. The number of nitrogens with one attached hydrogen (secondary N) is 1. The molecule has 2 aliphatic rings. The largest absolute Gasteiger partial charge is 0.487 e. The highest BCUT2D eigenvalue weighted by Gasteiger charge is 2.29. The van der Waals surface area contributed by atoms with Gasteiger partial charge in [-0.1, -0.05) is 36.6 Å². The van der Waals surface area contributed by atoms with Crippen molar-refractivity contribution in [3.05, 3.63) is 41.2 Å². The Hall–Kier alpha value is -2.37. The molecule has 0 spiro atoms. The quantitative estimate of drug-likeness (QED) is 0.913. The minimum Gasteiger partial charge on any atom is -0.487 e. The summed E-state index contributed by atoms with van der Waals surface area (Å²) in [6, 6.07) is 6.49. The summed E-state index contributed by atoms with van der Waals surface area (Å²) in [6.07, 6.45) is 8.66. The van der Waals surface area contributed by atoms with Gasteiger partial charge in [0, 0.05) is 13.0 Å². The molecule has 2 heterocycles. The number of ether oxygens (including phenoxy) is 1. The van der Waals surface area contributed by atoms with E-state index < -0.39 is 0 Å². The fourth-order valence-corrected chi connectivity index (χ4v) is 3.95. The van der Waals surface area contributed by atoms with E-state index in [2.05, 4.69) is 35.5 Å². The molecule has 0 atom stereocenters. The number of hydrogen-bond acceptors (Lipinski definition) is 4. The van der Waals surface area contributed by atoms with Crippen LogP contribution in [0, 0.1) is 0 Å². The maximum absolute atomic E-state index is 12.4. The van der Waals surface area contributed by atoms with E-state index in [-0.39, 0.29) is 11.5 Å². The van der Waals surface area contributed by atoms with Gasteiger partial charge in [0.05, 0.1) is 12.2 Å². The van der Waals surface area contributed by atoms with Crippen LogP contribution in [0.2, 0.25) is 0 Å². The lowest BCUT2D eigenvalue weighted by atomic mass is 9.96. The minimum atomic E-state index is -0.177. The maximum Gasteiger partial charge on any atom is 0.273 e. The smallest absolute Gasteiger partial charge is 0.273 e. The molecule has 0 radical (unpaired) electrons. The van der Waals surface area contributed by atoms with Gasteiger partial charge in [-0.15, -0.1) is 5.10 Å². The third-order valence-electron chi connectivity index (χ3n) is 5.27. The Labute approximate surface area is 153 Å². The maximum atomic E-state index is 12.4. The molecule has 1 N–H and O–H groups in total. The molecule has 4 rings (SSSR count). The van der Waals surface area contributed by atoms with E-state index in [1.165, 1.54) is 24.8 Å². The predicted octanol–water partition coefficient (Wildman–Crippen LogP) is 3.43. The molecule has 1 aliphatic heterocycles. The van der Waals surface area contributed by atoms with Gasteiger partial charge in [0.25, 0.3) is 5.91 Å². The van der Waals surface area contributed by atoms with Crippen LogP contribution in [0.3, 0.4) is 0 Å². The highest BCUT2D eigenvalue weighted by Crippen LogP contribution is 2.35.